The van der Waals surface area contributed by atoms with Crippen LogP contribution in [0.1, 0.15) is 16.3 Å². The zero-order valence-corrected chi connectivity index (χ0v) is 18.1. The Morgan fingerprint density at radius 3 is 2.63 bits per heavy atom. The van der Waals surface area contributed by atoms with Gasteiger partial charge in [-0.1, -0.05) is 18.2 Å². The van der Waals surface area contributed by atoms with E-state index in [0.717, 1.165) is 17.1 Å². The number of guanidine groups is 1. The van der Waals surface area contributed by atoms with Crippen molar-refractivity contribution in [3.8, 4) is 5.75 Å². The van der Waals surface area contributed by atoms with Crippen molar-refractivity contribution in [3.63, 3.8) is 0 Å². The smallest absolute Gasteiger partial charge is 0.422 e. The number of thiazole rings is 1. The SMILES string of the molecule is CN=C(NCCc1csc(C)n1)NCc1ccccc1OCC(F)(F)F.I. The Bertz CT molecular complexity index is 737. The van der Waals surface area contributed by atoms with Crippen molar-refractivity contribution in [2.24, 2.45) is 4.99 Å². The van der Waals surface area contributed by atoms with Crippen molar-refractivity contribution in [2.75, 3.05) is 20.2 Å². The summed E-state index contributed by atoms with van der Waals surface area (Å²) in [5.74, 6) is 0.758. The van der Waals surface area contributed by atoms with E-state index in [1.807, 2.05) is 12.3 Å². The number of halogens is 4. The van der Waals surface area contributed by atoms with Crippen molar-refractivity contribution in [2.45, 2.75) is 26.1 Å². The van der Waals surface area contributed by atoms with Gasteiger partial charge in [-0.15, -0.1) is 35.3 Å². The van der Waals surface area contributed by atoms with Crippen LogP contribution in [0.4, 0.5) is 13.2 Å². The molecule has 0 radical (unpaired) electrons. The van der Waals surface area contributed by atoms with Crippen molar-refractivity contribution in [1.82, 2.24) is 15.6 Å². The Kier molecular flexibility index (Phi) is 9.84. The van der Waals surface area contributed by atoms with Crippen LogP contribution in [0.2, 0.25) is 0 Å². The summed E-state index contributed by atoms with van der Waals surface area (Å²) in [5.41, 5.74) is 1.64. The topological polar surface area (TPSA) is 58.5 Å². The molecule has 0 aliphatic heterocycles. The predicted octanol–water partition coefficient (Wildman–Crippen LogP) is 3.92. The third-order valence-electron chi connectivity index (χ3n) is 3.37. The number of aryl methyl sites for hydroxylation is 1. The van der Waals surface area contributed by atoms with Crippen LogP contribution < -0.4 is 15.4 Å². The van der Waals surface area contributed by atoms with Gasteiger partial charge in [0.05, 0.1) is 10.7 Å². The molecule has 0 amide bonds. The van der Waals surface area contributed by atoms with Gasteiger partial charge >= 0.3 is 6.18 Å². The molecule has 0 saturated carbocycles. The van der Waals surface area contributed by atoms with E-state index in [-0.39, 0.29) is 29.7 Å². The number of rotatable bonds is 7. The Morgan fingerprint density at radius 1 is 1.26 bits per heavy atom. The predicted molar refractivity (Wildman–Crippen MR) is 112 cm³/mol. The quantitative estimate of drug-likeness (QED) is 0.334. The molecule has 0 unspecified atom stereocenters. The number of hydrogen-bond donors (Lipinski definition) is 2. The second-order valence-corrected chi connectivity index (χ2v) is 6.53. The van der Waals surface area contributed by atoms with E-state index < -0.39 is 12.8 Å². The van der Waals surface area contributed by atoms with E-state index in [2.05, 4.69) is 20.6 Å². The van der Waals surface area contributed by atoms with Crippen LogP contribution in [0.5, 0.6) is 5.75 Å². The molecule has 150 valence electrons. The summed E-state index contributed by atoms with van der Waals surface area (Å²) < 4.78 is 41.9. The van der Waals surface area contributed by atoms with E-state index in [1.165, 1.54) is 6.07 Å². The number of ether oxygens (including phenoxy) is 1. The molecular formula is C17H22F3IN4OS. The van der Waals surface area contributed by atoms with Crippen molar-refractivity contribution >= 4 is 41.3 Å². The molecule has 10 heteroatoms. The van der Waals surface area contributed by atoms with Crippen LogP contribution in [0.15, 0.2) is 34.6 Å². The van der Waals surface area contributed by atoms with Crippen LogP contribution in [-0.2, 0) is 13.0 Å². The van der Waals surface area contributed by atoms with Crippen molar-refractivity contribution in [1.29, 1.82) is 0 Å². The molecule has 5 nitrogen and oxygen atoms in total. The van der Waals surface area contributed by atoms with Gasteiger partial charge in [0, 0.05) is 37.5 Å². The van der Waals surface area contributed by atoms with E-state index in [4.69, 9.17) is 4.74 Å². The third-order valence-corrected chi connectivity index (χ3v) is 4.20. The second kappa shape index (κ2) is 11.3. The van der Waals surface area contributed by atoms with Gasteiger partial charge in [-0.05, 0) is 13.0 Å². The minimum absolute atomic E-state index is 0. The van der Waals surface area contributed by atoms with E-state index >= 15 is 0 Å². The lowest BCUT2D eigenvalue weighted by Crippen LogP contribution is -2.38. The number of hydrogen-bond acceptors (Lipinski definition) is 4. The lowest BCUT2D eigenvalue weighted by molar-refractivity contribution is -0.153. The second-order valence-electron chi connectivity index (χ2n) is 5.47. The standard InChI is InChI=1S/C17H21F3N4OS.HI/c1-12-24-14(10-26-12)7-8-22-16(21-2)23-9-13-5-3-4-6-15(13)25-11-17(18,19)20;/h3-6,10H,7-9,11H2,1-2H3,(H2,21,22,23);1H. The Labute approximate surface area is 177 Å². The van der Waals surface area contributed by atoms with E-state index in [0.29, 0.717) is 24.6 Å². The average molecular weight is 514 g/mol. The van der Waals surface area contributed by atoms with Gasteiger partial charge in [0.1, 0.15) is 5.75 Å². The highest BCUT2D eigenvalue weighted by Gasteiger charge is 2.28. The van der Waals surface area contributed by atoms with Crippen molar-refractivity contribution in [3.05, 3.63) is 45.9 Å². The first-order valence-electron chi connectivity index (χ1n) is 8.00. The van der Waals surface area contributed by atoms with Gasteiger partial charge in [0.15, 0.2) is 12.6 Å². The van der Waals surface area contributed by atoms with E-state index in [1.54, 1.807) is 36.6 Å². The molecule has 1 aromatic carbocycles. The normalized spacial score (nSPS) is 11.7. The van der Waals surface area contributed by atoms with Gasteiger partial charge in [0.2, 0.25) is 0 Å². The number of alkyl halides is 3. The molecule has 2 aromatic rings. The molecule has 2 N–H and O–H groups in total. The fraction of sp³-hybridized carbons (Fsp3) is 0.412. The minimum atomic E-state index is -4.37. The number of para-hydroxylation sites is 1. The molecule has 2 rings (SSSR count). The summed E-state index contributed by atoms with van der Waals surface area (Å²) in [5, 5.41) is 9.27. The van der Waals surface area contributed by atoms with Gasteiger partial charge < -0.3 is 15.4 Å². The highest BCUT2D eigenvalue weighted by molar-refractivity contribution is 14.0. The molecule has 0 atom stereocenters. The van der Waals surface area contributed by atoms with Gasteiger partial charge in [0.25, 0.3) is 0 Å². The molecule has 0 fully saturated rings. The number of nitrogens with zero attached hydrogens (tertiary/aromatic N) is 2. The minimum Gasteiger partial charge on any atom is -0.484 e. The monoisotopic (exact) mass is 514 g/mol. The van der Waals surface area contributed by atoms with Crippen molar-refractivity contribution < 1.29 is 17.9 Å². The van der Waals surface area contributed by atoms with Gasteiger partial charge in [-0.25, -0.2) is 4.98 Å². The molecule has 1 aromatic heterocycles. The lowest BCUT2D eigenvalue weighted by Gasteiger charge is -2.15. The first-order chi connectivity index (χ1) is 12.4. The maximum atomic E-state index is 12.3. The van der Waals surface area contributed by atoms with Crippen LogP contribution in [0, 0.1) is 6.92 Å². The Morgan fingerprint density at radius 2 is 2.00 bits per heavy atom. The first kappa shape index (κ1) is 23.5. The van der Waals surface area contributed by atoms with Crippen LogP contribution in [-0.4, -0.2) is 37.3 Å². The Hall–Kier alpha value is -1.56. The molecule has 0 saturated heterocycles. The fourth-order valence-corrected chi connectivity index (χ4v) is 2.83. The zero-order chi connectivity index (χ0) is 19.0. The van der Waals surface area contributed by atoms with Crippen LogP contribution in [0.3, 0.4) is 0 Å². The number of aliphatic imine (C=N–C) groups is 1. The summed E-state index contributed by atoms with van der Waals surface area (Å²) in [4.78, 5) is 8.50. The average Bonchev–Trinajstić information content (AvgIpc) is 3.01. The van der Waals surface area contributed by atoms with Gasteiger partial charge in [-0.2, -0.15) is 13.2 Å². The molecular weight excluding hydrogens is 492 g/mol. The zero-order valence-electron chi connectivity index (χ0n) is 15.0. The highest BCUT2D eigenvalue weighted by Crippen LogP contribution is 2.22. The summed E-state index contributed by atoms with van der Waals surface area (Å²) >= 11 is 1.61. The molecule has 27 heavy (non-hydrogen) atoms. The summed E-state index contributed by atoms with van der Waals surface area (Å²) in [6, 6.07) is 6.61. The highest BCUT2D eigenvalue weighted by atomic mass is 127. The molecule has 0 bridgehead atoms. The number of aromatic nitrogens is 1. The van der Waals surface area contributed by atoms with Gasteiger partial charge in [-0.3, -0.25) is 4.99 Å². The lowest BCUT2D eigenvalue weighted by atomic mass is 10.2. The first-order valence-corrected chi connectivity index (χ1v) is 8.88. The third kappa shape index (κ3) is 8.78. The van der Waals surface area contributed by atoms with Crippen LogP contribution in [0.25, 0.3) is 0 Å². The van der Waals surface area contributed by atoms with E-state index in [9.17, 15) is 13.2 Å². The summed E-state index contributed by atoms with van der Waals surface area (Å²) in [7, 11) is 1.63. The largest absolute Gasteiger partial charge is 0.484 e. The maximum Gasteiger partial charge on any atom is 0.422 e. The molecule has 1 heterocycles. The molecule has 0 spiro atoms. The number of nitrogens with one attached hydrogen (secondary N) is 2. The fourth-order valence-electron chi connectivity index (χ4n) is 2.18. The molecule has 0 aliphatic carbocycles. The maximum absolute atomic E-state index is 12.3. The summed E-state index contributed by atoms with van der Waals surface area (Å²) in [6.45, 7) is 1.59. The van der Waals surface area contributed by atoms with Crippen LogP contribution >= 0.6 is 35.3 Å². The Balaban J connectivity index is 0.00000364. The number of benzene rings is 1. The molecule has 0 aliphatic rings. The summed E-state index contributed by atoms with van der Waals surface area (Å²) in [6.07, 6.45) is -3.61.